The lowest BCUT2D eigenvalue weighted by atomic mass is 9.79. The van der Waals surface area contributed by atoms with Gasteiger partial charge in [0.25, 0.3) is 0 Å². The number of ether oxygens (including phenoxy) is 1. The van der Waals surface area contributed by atoms with Crippen molar-refractivity contribution in [2.24, 2.45) is 11.1 Å². The molecule has 1 fully saturated rings. The summed E-state index contributed by atoms with van der Waals surface area (Å²) in [6.45, 7) is 7.59. The summed E-state index contributed by atoms with van der Waals surface area (Å²) in [7, 11) is 0. The molecule has 1 aliphatic heterocycles. The van der Waals surface area contributed by atoms with Gasteiger partial charge in [0.2, 0.25) is 11.8 Å². The molecule has 26 heavy (non-hydrogen) atoms. The third kappa shape index (κ3) is 5.43. The van der Waals surface area contributed by atoms with E-state index in [1.165, 1.54) is 0 Å². The highest BCUT2D eigenvalue weighted by molar-refractivity contribution is 5.95. The van der Waals surface area contributed by atoms with E-state index in [0.717, 1.165) is 11.3 Å². The molecule has 0 aliphatic carbocycles. The van der Waals surface area contributed by atoms with Gasteiger partial charge < -0.3 is 20.7 Å². The third-order valence-electron chi connectivity index (χ3n) is 4.91. The van der Waals surface area contributed by atoms with Gasteiger partial charge in [-0.2, -0.15) is 0 Å². The minimum absolute atomic E-state index is 0. The van der Waals surface area contributed by atoms with Crippen LogP contribution in [0.3, 0.4) is 0 Å². The zero-order valence-electron chi connectivity index (χ0n) is 15.8. The van der Waals surface area contributed by atoms with Gasteiger partial charge in [0, 0.05) is 45.0 Å². The molecule has 7 heteroatoms. The van der Waals surface area contributed by atoms with Gasteiger partial charge in [0.1, 0.15) is 0 Å². The molecular formula is C19H30ClN3O3. The van der Waals surface area contributed by atoms with Crippen molar-refractivity contribution in [3.63, 3.8) is 0 Å². The Bertz CT molecular complexity index is 599. The molecule has 6 nitrogen and oxygen atoms in total. The summed E-state index contributed by atoms with van der Waals surface area (Å²) in [6.07, 6.45) is 1.30. The van der Waals surface area contributed by atoms with Gasteiger partial charge in [-0.1, -0.05) is 12.1 Å². The lowest BCUT2D eigenvalue weighted by Crippen LogP contribution is -2.46. The minimum Gasteiger partial charge on any atom is -0.381 e. The van der Waals surface area contributed by atoms with E-state index in [9.17, 15) is 9.59 Å². The van der Waals surface area contributed by atoms with Crippen molar-refractivity contribution in [3.8, 4) is 0 Å². The van der Waals surface area contributed by atoms with Crippen LogP contribution in [0.4, 0.5) is 5.69 Å². The van der Waals surface area contributed by atoms with Gasteiger partial charge in [-0.15, -0.1) is 12.4 Å². The number of carbonyl (C=O) groups is 2. The maximum Gasteiger partial charge on any atom is 0.232 e. The number of amides is 2. The first-order chi connectivity index (χ1) is 11.9. The molecule has 1 aromatic rings. The number of anilines is 1. The average molecular weight is 384 g/mol. The van der Waals surface area contributed by atoms with E-state index in [1.54, 1.807) is 11.8 Å². The van der Waals surface area contributed by atoms with E-state index in [1.807, 2.05) is 38.1 Å². The Kier molecular flexibility index (Phi) is 8.53. The summed E-state index contributed by atoms with van der Waals surface area (Å²) in [6, 6.07) is 7.76. The van der Waals surface area contributed by atoms with Crippen LogP contribution in [0.15, 0.2) is 24.3 Å². The molecule has 0 spiro atoms. The van der Waals surface area contributed by atoms with Gasteiger partial charge in [0.05, 0.1) is 5.41 Å². The molecule has 1 aliphatic rings. The Hall–Kier alpha value is -1.63. The number of nitrogens with two attached hydrogens (primary N) is 1. The van der Waals surface area contributed by atoms with Crippen LogP contribution >= 0.6 is 12.4 Å². The molecule has 0 aromatic heterocycles. The first-order valence-corrected chi connectivity index (χ1v) is 8.83. The Morgan fingerprint density at radius 3 is 2.27 bits per heavy atom. The number of rotatable bonds is 6. The zero-order chi connectivity index (χ0) is 18.4. The number of halogens is 1. The van der Waals surface area contributed by atoms with E-state index in [-0.39, 0.29) is 30.3 Å². The summed E-state index contributed by atoms with van der Waals surface area (Å²) in [4.78, 5) is 26.2. The van der Waals surface area contributed by atoms with Gasteiger partial charge in [-0.25, -0.2) is 0 Å². The Labute approximate surface area is 161 Å². The van der Waals surface area contributed by atoms with Crippen molar-refractivity contribution in [1.29, 1.82) is 0 Å². The lowest BCUT2D eigenvalue weighted by molar-refractivity contribution is -0.131. The van der Waals surface area contributed by atoms with Crippen molar-refractivity contribution in [2.45, 2.75) is 46.2 Å². The van der Waals surface area contributed by atoms with Gasteiger partial charge in [-0.3, -0.25) is 9.59 Å². The fourth-order valence-electron chi connectivity index (χ4n) is 3.10. The fourth-order valence-corrected chi connectivity index (χ4v) is 3.10. The van der Waals surface area contributed by atoms with Gasteiger partial charge in [-0.05, 0) is 44.4 Å². The summed E-state index contributed by atoms with van der Waals surface area (Å²) in [5.74, 6) is 0.00961. The summed E-state index contributed by atoms with van der Waals surface area (Å²) in [5, 5.41) is 2.97. The van der Waals surface area contributed by atoms with Crippen LogP contribution in [0.2, 0.25) is 0 Å². The van der Waals surface area contributed by atoms with Crippen LogP contribution in [0.5, 0.6) is 0 Å². The first-order valence-electron chi connectivity index (χ1n) is 8.83. The SMILES string of the molecule is CC(=O)N(Cc1ccc(NC(=O)C2(CN)CCOCC2)cc1)C(C)C.Cl. The second kappa shape index (κ2) is 9.90. The minimum atomic E-state index is -0.542. The molecular weight excluding hydrogens is 354 g/mol. The standard InChI is InChI=1S/C19H29N3O3.ClH/c1-14(2)22(15(3)23)12-16-4-6-17(7-5-16)21-18(24)19(13-20)8-10-25-11-9-19;/h4-7,14H,8-13,20H2,1-3H3,(H,21,24);1H. The van der Waals surface area contributed by atoms with E-state index in [2.05, 4.69) is 5.32 Å². The quantitative estimate of drug-likeness (QED) is 0.790. The second-order valence-electron chi connectivity index (χ2n) is 6.99. The lowest BCUT2D eigenvalue weighted by Gasteiger charge is -2.34. The molecule has 0 radical (unpaired) electrons. The van der Waals surface area contributed by atoms with E-state index < -0.39 is 5.41 Å². The molecule has 1 saturated heterocycles. The second-order valence-corrected chi connectivity index (χ2v) is 6.99. The molecule has 1 aromatic carbocycles. The topological polar surface area (TPSA) is 84.7 Å². The van der Waals surface area contributed by atoms with Crippen LogP contribution in [0.1, 0.15) is 39.2 Å². The molecule has 0 saturated carbocycles. The molecule has 2 amide bonds. The average Bonchev–Trinajstić information content (AvgIpc) is 2.61. The van der Waals surface area contributed by atoms with Gasteiger partial charge >= 0.3 is 0 Å². The van der Waals surface area contributed by atoms with Crippen LogP contribution in [-0.4, -0.2) is 42.5 Å². The number of carbonyl (C=O) groups excluding carboxylic acids is 2. The first kappa shape index (κ1) is 22.4. The number of nitrogens with zero attached hydrogens (tertiary/aromatic N) is 1. The monoisotopic (exact) mass is 383 g/mol. The number of nitrogens with one attached hydrogen (secondary N) is 1. The van der Waals surface area contributed by atoms with Crippen LogP contribution in [0, 0.1) is 5.41 Å². The van der Waals surface area contributed by atoms with Crippen molar-refractivity contribution in [3.05, 3.63) is 29.8 Å². The summed E-state index contributed by atoms with van der Waals surface area (Å²) < 4.78 is 5.35. The molecule has 0 atom stereocenters. The van der Waals surface area contributed by atoms with Crippen molar-refractivity contribution in [2.75, 3.05) is 25.1 Å². The molecule has 1 heterocycles. The van der Waals surface area contributed by atoms with E-state index >= 15 is 0 Å². The summed E-state index contributed by atoms with van der Waals surface area (Å²) >= 11 is 0. The van der Waals surface area contributed by atoms with E-state index in [4.69, 9.17) is 10.5 Å². The maximum absolute atomic E-state index is 12.7. The van der Waals surface area contributed by atoms with Crippen molar-refractivity contribution in [1.82, 2.24) is 4.90 Å². The van der Waals surface area contributed by atoms with Crippen LogP contribution in [-0.2, 0) is 20.9 Å². The molecule has 2 rings (SSSR count). The number of hydrogen-bond donors (Lipinski definition) is 2. The largest absolute Gasteiger partial charge is 0.381 e. The predicted octanol–water partition coefficient (Wildman–Crippen LogP) is 2.56. The Morgan fingerprint density at radius 1 is 1.23 bits per heavy atom. The fraction of sp³-hybridized carbons (Fsp3) is 0.579. The van der Waals surface area contributed by atoms with Crippen LogP contribution in [0.25, 0.3) is 0 Å². The highest BCUT2D eigenvalue weighted by Crippen LogP contribution is 2.31. The molecule has 0 unspecified atom stereocenters. The molecule has 0 bridgehead atoms. The number of hydrogen-bond acceptors (Lipinski definition) is 4. The predicted molar refractivity (Wildman–Crippen MR) is 105 cm³/mol. The molecule has 146 valence electrons. The smallest absolute Gasteiger partial charge is 0.232 e. The Morgan fingerprint density at radius 2 is 1.81 bits per heavy atom. The molecule has 3 N–H and O–H groups in total. The normalized spacial score (nSPS) is 15.9. The van der Waals surface area contributed by atoms with Crippen LogP contribution < -0.4 is 11.1 Å². The summed E-state index contributed by atoms with van der Waals surface area (Å²) in [5.41, 5.74) is 7.10. The van der Waals surface area contributed by atoms with Crippen molar-refractivity contribution < 1.29 is 14.3 Å². The third-order valence-corrected chi connectivity index (χ3v) is 4.91. The maximum atomic E-state index is 12.7. The van der Waals surface area contributed by atoms with Gasteiger partial charge in [0.15, 0.2) is 0 Å². The van der Waals surface area contributed by atoms with E-state index in [0.29, 0.717) is 39.1 Å². The highest BCUT2D eigenvalue weighted by Gasteiger charge is 2.38. The highest BCUT2D eigenvalue weighted by atomic mass is 35.5. The zero-order valence-corrected chi connectivity index (χ0v) is 16.6. The number of benzene rings is 1. The Balaban J connectivity index is 0.00000338. The van der Waals surface area contributed by atoms with Crippen molar-refractivity contribution >= 4 is 29.9 Å².